The number of hydrogen-bond acceptors (Lipinski definition) is 2. The lowest BCUT2D eigenvalue weighted by atomic mass is 10.1. The normalized spacial score (nSPS) is 13.4. The predicted molar refractivity (Wildman–Crippen MR) is 69.3 cm³/mol. The van der Waals surface area contributed by atoms with Gasteiger partial charge >= 0.3 is 0 Å². The highest BCUT2D eigenvalue weighted by Gasteiger charge is 1.98. The minimum Gasteiger partial charge on any atom is -0.314 e. The van der Waals surface area contributed by atoms with Crippen LogP contribution >= 0.6 is 0 Å². The number of rotatable bonds is 3. The van der Waals surface area contributed by atoms with E-state index in [1.54, 1.807) is 0 Å². The van der Waals surface area contributed by atoms with Gasteiger partial charge in [-0.3, -0.25) is 4.98 Å². The highest BCUT2D eigenvalue weighted by atomic mass is 14.8. The van der Waals surface area contributed by atoms with Gasteiger partial charge in [-0.25, -0.2) is 0 Å². The van der Waals surface area contributed by atoms with E-state index in [4.69, 9.17) is 0 Å². The van der Waals surface area contributed by atoms with Crippen LogP contribution in [0.25, 0.3) is 17.0 Å². The van der Waals surface area contributed by atoms with Crippen molar-refractivity contribution in [3.05, 3.63) is 48.2 Å². The van der Waals surface area contributed by atoms with E-state index in [1.165, 1.54) is 10.9 Å². The molecule has 0 radical (unpaired) electrons. The summed E-state index contributed by atoms with van der Waals surface area (Å²) in [6.07, 6.45) is 6.15. The molecular weight excluding hydrogens is 196 g/mol. The Morgan fingerprint density at radius 2 is 2.06 bits per heavy atom. The van der Waals surface area contributed by atoms with E-state index in [0.717, 1.165) is 5.52 Å². The van der Waals surface area contributed by atoms with Gasteiger partial charge in [-0.15, -0.1) is 0 Å². The van der Waals surface area contributed by atoms with Crippen LogP contribution in [0.1, 0.15) is 12.5 Å². The molecule has 0 spiro atoms. The van der Waals surface area contributed by atoms with Gasteiger partial charge in [0.15, 0.2) is 0 Å². The second-order valence-electron chi connectivity index (χ2n) is 3.85. The summed E-state index contributed by atoms with van der Waals surface area (Å²) in [4.78, 5) is 4.34. The molecule has 0 fully saturated rings. The van der Waals surface area contributed by atoms with Crippen molar-refractivity contribution >= 4 is 17.0 Å². The van der Waals surface area contributed by atoms with Crippen molar-refractivity contribution < 1.29 is 0 Å². The van der Waals surface area contributed by atoms with E-state index in [9.17, 15) is 0 Å². The van der Waals surface area contributed by atoms with Crippen LogP contribution in [0.5, 0.6) is 0 Å². The van der Waals surface area contributed by atoms with Gasteiger partial charge in [0.05, 0.1) is 5.52 Å². The molecule has 0 aliphatic rings. The topological polar surface area (TPSA) is 24.9 Å². The fourth-order valence-electron chi connectivity index (χ4n) is 1.61. The molecule has 82 valence electrons. The molecule has 1 aromatic heterocycles. The molecule has 16 heavy (non-hydrogen) atoms. The molecule has 1 N–H and O–H groups in total. The van der Waals surface area contributed by atoms with Crippen LogP contribution in [-0.4, -0.2) is 18.1 Å². The van der Waals surface area contributed by atoms with Gasteiger partial charge < -0.3 is 5.32 Å². The summed E-state index contributed by atoms with van der Waals surface area (Å²) in [5.41, 5.74) is 2.26. The zero-order valence-corrected chi connectivity index (χ0v) is 9.64. The Kier molecular flexibility index (Phi) is 3.32. The molecule has 2 heteroatoms. The highest BCUT2D eigenvalue weighted by molar-refractivity contribution is 5.87. The summed E-state index contributed by atoms with van der Waals surface area (Å²) < 4.78 is 0. The first-order valence-corrected chi connectivity index (χ1v) is 5.50. The summed E-state index contributed by atoms with van der Waals surface area (Å²) in [7, 11) is 1.96. The van der Waals surface area contributed by atoms with Gasteiger partial charge in [0.1, 0.15) is 0 Å². The number of para-hydroxylation sites is 1. The molecule has 2 rings (SSSR count). The van der Waals surface area contributed by atoms with Crippen LogP contribution < -0.4 is 5.32 Å². The summed E-state index contributed by atoms with van der Waals surface area (Å²) in [5, 5.41) is 4.38. The molecule has 1 aromatic carbocycles. The second kappa shape index (κ2) is 4.90. The highest BCUT2D eigenvalue weighted by Crippen LogP contribution is 2.17. The first-order valence-electron chi connectivity index (χ1n) is 5.50. The fourth-order valence-corrected chi connectivity index (χ4v) is 1.61. The van der Waals surface area contributed by atoms with Crippen molar-refractivity contribution in [2.24, 2.45) is 0 Å². The number of fused-ring (bicyclic) bond motifs is 1. The molecule has 1 unspecified atom stereocenters. The Morgan fingerprint density at radius 1 is 1.25 bits per heavy atom. The Balaban J connectivity index is 2.41. The molecule has 1 atom stereocenters. The van der Waals surface area contributed by atoms with Gasteiger partial charge in [-0.05, 0) is 31.7 Å². The lowest BCUT2D eigenvalue weighted by Crippen LogP contribution is -2.17. The Bertz CT molecular complexity index is 498. The third-order valence-electron chi connectivity index (χ3n) is 2.70. The molecule has 0 saturated carbocycles. The van der Waals surface area contributed by atoms with Gasteiger partial charge in [0.25, 0.3) is 0 Å². The number of benzene rings is 1. The molecule has 0 saturated heterocycles. The van der Waals surface area contributed by atoms with Crippen molar-refractivity contribution in [1.82, 2.24) is 10.3 Å². The maximum absolute atomic E-state index is 4.34. The average molecular weight is 212 g/mol. The number of likely N-dealkylation sites (N-methyl/N-ethyl adjacent to an activating group) is 1. The summed E-state index contributed by atoms with van der Waals surface area (Å²) >= 11 is 0. The lowest BCUT2D eigenvalue weighted by molar-refractivity contribution is 0.731. The molecule has 0 aliphatic carbocycles. The van der Waals surface area contributed by atoms with E-state index < -0.39 is 0 Å². The van der Waals surface area contributed by atoms with Crippen molar-refractivity contribution in [2.75, 3.05) is 7.05 Å². The minimum absolute atomic E-state index is 0.381. The monoisotopic (exact) mass is 212 g/mol. The van der Waals surface area contributed by atoms with Crippen LogP contribution in [0.2, 0.25) is 0 Å². The Labute approximate surface area is 96.0 Å². The molecule has 1 heterocycles. The van der Waals surface area contributed by atoms with Crippen LogP contribution in [0, 0.1) is 0 Å². The summed E-state index contributed by atoms with van der Waals surface area (Å²) in [6, 6.07) is 10.6. The second-order valence-corrected chi connectivity index (χ2v) is 3.85. The average Bonchev–Trinajstić information content (AvgIpc) is 2.35. The quantitative estimate of drug-likeness (QED) is 0.846. The van der Waals surface area contributed by atoms with Gasteiger partial charge in [0.2, 0.25) is 0 Å². The maximum Gasteiger partial charge on any atom is 0.0707 e. The zero-order valence-electron chi connectivity index (χ0n) is 9.64. The van der Waals surface area contributed by atoms with E-state index in [0.29, 0.717) is 6.04 Å². The first kappa shape index (κ1) is 10.8. The fraction of sp³-hybridized carbons (Fsp3) is 0.214. The van der Waals surface area contributed by atoms with E-state index >= 15 is 0 Å². The van der Waals surface area contributed by atoms with Crippen LogP contribution in [0.3, 0.4) is 0 Å². The molecule has 0 aliphatic heterocycles. The largest absolute Gasteiger partial charge is 0.314 e. The molecule has 0 amide bonds. The van der Waals surface area contributed by atoms with Crippen molar-refractivity contribution in [2.45, 2.75) is 13.0 Å². The number of pyridine rings is 1. The maximum atomic E-state index is 4.34. The minimum atomic E-state index is 0.381. The van der Waals surface area contributed by atoms with Crippen LogP contribution in [0.15, 0.2) is 42.6 Å². The first-order chi connectivity index (χ1) is 7.81. The Morgan fingerprint density at radius 3 is 2.88 bits per heavy atom. The number of nitrogens with zero attached hydrogens (tertiary/aromatic N) is 1. The number of nitrogens with one attached hydrogen (secondary N) is 1. The summed E-state index contributed by atoms with van der Waals surface area (Å²) in [6.45, 7) is 2.12. The van der Waals surface area contributed by atoms with Gasteiger partial charge in [0, 0.05) is 17.6 Å². The predicted octanol–water partition coefficient (Wildman–Crippen LogP) is 2.86. The standard InChI is InChI=1S/C14H16N2/c1-11(15-2)7-8-12-9-10-16-14-6-4-3-5-13(12)14/h3-11,15H,1-2H3/b8-7+. The van der Waals surface area contributed by atoms with Crippen molar-refractivity contribution in [3.8, 4) is 0 Å². The third-order valence-corrected chi connectivity index (χ3v) is 2.70. The van der Waals surface area contributed by atoms with E-state index in [1.807, 2.05) is 37.5 Å². The molecule has 2 aromatic rings. The van der Waals surface area contributed by atoms with Crippen molar-refractivity contribution in [1.29, 1.82) is 0 Å². The van der Waals surface area contributed by atoms with E-state index in [2.05, 4.69) is 35.4 Å². The summed E-state index contributed by atoms with van der Waals surface area (Å²) in [5.74, 6) is 0. The SMILES string of the molecule is CNC(C)/C=C/c1ccnc2ccccc12. The number of aromatic nitrogens is 1. The van der Waals surface area contributed by atoms with Crippen molar-refractivity contribution in [3.63, 3.8) is 0 Å². The third kappa shape index (κ3) is 2.28. The Hall–Kier alpha value is -1.67. The lowest BCUT2D eigenvalue weighted by Gasteiger charge is -2.04. The molecule has 0 bridgehead atoms. The van der Waals surface area contributed by atoms with Gasteiger partial charge in [-0.2, -0.15) is 0 Å². The van der Waals surface area contributed by atoms with Crippen LogP contribution in [0.4, 0.5) is 0 Å². The van der Waals surface area contributed by atoms with Crippen LogP contribution in [-0.2, 0) is 0 Å². The smallest absolute Gasteiger partial charge is 0.0707 e. The number of hydrogen-bond donors (Lipinski definition) is 1. The molecular formula is C14H16N2. The zero-order chi connectivity index (χ0) is 11.4. The van der Waals surface area contributed by atoms with Gasteiger partial charge in [-0.1, -0.05) is 30.4 Å². The van der Waals surface area contributed by atoms with E-state index in [-0.39, 0.29) is 0 Å². The molecule has 2 nitrogen and oxygen atoms in total.